The molecule has 0 unspecified atom stereocenters. The second kappa shape index (κ2) is 7.74. The molecule has 27 heavy (non-hydrogen) atoms. The van der Waals surface area contributed by atoms with Crippen molar-refractivity contribution in [2.24, 2.45) is 5.92 Å². The first-order valence-corrected chi connectivity index (χ1v) is 9.00. The predicted molar refractivity (Wildman–Crippen MR) is 103 cm³/mol. The van der Waals surface area contributed by atoms with Crippen molar-refractivity contribution in [1.82, 2.24) is 0 Å². The molecule has 2 aromatic carbocycles. The fourth-order valence-electron chi connectivity index (χ4n) is 3.22. The Bertz CT molecular complexity index is 903. The maximum absolute atomic E-state index is 12.4. The van der Waals surface area contributed by atoms with Crippen molar-refractivity contribution in [3.8, 4) is 0 Å². The second-order valence-electron chi connectivity index (χ2n) is 7.02. The van der Waals surface area contributed by atoms with E-state index in [1.807, 2.05) is 51.1 Å². The lowest BCUT2D eigenvalue weighted by molar-refractivity contribution is -0.147. The Balaban J connectivity index is 1.60. The zero-order chi connectivity index (χ0) is 19.6. The molecule has 0 saturated carbocycles. The molecule has 0 bridgehead atoms. The zero-order valence-corrected chi connectivity index (χ0v) is 15.8. The molecular weight excluding hydrogens is 342 g/mol. The van der Waals surface area contributed by atoms with Crippen LogP contribution in [0.5, 0.6) is 0 Å². The fraction of sp³-hybridized carbons (Fsp3) is 0.318. The van der Waals surface area contributed by atoms with E-state index in [2.05, 4.69) is 0 Å². The van der Waals surface area contributed by atoms with Gasteiger partial charge in [-0.25, -0.2) is 0 Å². The highest BCUT2D eigenvalue weighted by Crippen LogP contribution is 2.28. The van der Waals surface area contributed by atoms with Gasteiger partial charge in [0.25, 0.3) is 0 Å². The largest absolute Gasteiger partial charge is 0.457 e. The third-order valence-electron chi connectivity index (χ3n) is 5.04. The molecule has 0 N–H and O–H groups in total. The van der Waals surface area contributed by atoms with Crippen LogP contribution in [0.3, 0.4) is 0 Å². The predicted octanol–water partition coefficient (Wildman–Crippen LogP) is 3.39. The lowest BCUT2D eigenvalue weighted by atomic mass is 10.0. The summed E-state index contributed by atoms with van der Waals surface area (Å²) in [7, 11) is 0. The van der Waals surface area contributed by atoms with Crippen molar-refractivity contribution in [1.29, 1.82) is 0 Å². The van der Waals surface area contributed by atoms with Crippen LogP contribution in [-0.2, 0) is 14.3 Å². The van der Waals surface area contributed by atoms with Gasteiger partial charge in [-0.1, -0.05) is 30.3 Å². The molecule has 0 aliphatic carbocycles. The zero-order valence-electron chi connectivity index (χ0n) is 15.8. The molecular formula is C22H23NO4. The van der Waals surface area contributed by atoms with E-state index in [9.17, 15) is 14.4 Å². The smallest absolute Gasteiger partial charge is 0.311 e. The van der Waals surface area contributed by atoms with Gasteiger partial charge in [0.2, 0.25) is 5.91 Å². The van der Waals surface area contributed by atoms with E-state index in [1.54, 1.807) is 17.0 Å². The van der Waals surface area contributed by atoms with Crippen LogP contribution in [0.2, 0.25) is 0 Å². The van der Waals surface area contributed by atoms with Crippen LogP contribution in [0.25, 0.3) is 0 Å². The molecule has 5 heteroatoms. The van der Waals surface area contributed by atoms with Crippen molar-refractivity contribution in [2.45, 2.75) is 27.2 Å². The van der Waals surface area contributed by atoms with E-state index in [4.69, 9.17) is 4.74 Å². The number of rotatable bonds is 5. The maximum atomic E-state index is 12.4. The minimum atomic E-state index is -0.551. The standard InChI is InChI=1S/C22H23NO4/c1-14-8-9-17(10-16(14)3)20(24)13-27-22(26)18-11-21(25)23(12-18)19-7-5-4-6-15(19)2/h4-10,18H,11-13H2,1-3H3/t18-/m0/s1. The minimum Gasteiger partial charge on any atom is -0.457 e. The number of ether oxygens (including phenoxy) is 1. The highest BCUT2D eigenvalue weighted by Gasteiger charge is 2.36. The van der Waals surface area contributed by atoms with Crippen molar-refractivity contribution >= 4 is 23.3 Å². The first-order chi connectivity index (χ1) is 12.9. The lowest BCUT2D eigenvalue weighted by Crippen LogP contribution is -2.27. The number of para-hydroxylation sites is 1. The number of esters is 1. The van der Waals surface area contributed by atoms with Crippen LogP contribution in [0.1, 0.15) is 33.5 Å². The topological polar surface area (TPSA) is 63.7 Å². The van der Waals surface area contributed by atoms with Crippen molar-refractivity contribution in [3.63, 3.8) is 0 Å². The van der Waals surface area contributed by atoms with Gasteiger partial charge in [0.05, 0.1) is 5.92 Å². The molecule has 1 aliphatic heterocycles. The number of amides is 1. The third kappa shape index (κ3) is 4.08. The van der Waals surface area contributed by atoms with Gasteiger partial charge >= 0.3 is 5.97 Å². The number of aryl methyl sites for hydroxylation is 3. The number of anilines is 1. The van der Waals surface area contributed by atoms with Gasteiger partial charge in [0.1, 0.15) is 0 Å². The monoisotopic (exact) mass is 365 g/mol. The van der Waals surface area contributed by atoms with Crippen LogP contribution >= 0.6 is 0 Å². The Kier molecular flexibility index (Phi) is 5.40. The first-order valence-electron chi connectivity index (χ1n) is 9.00. The summed E-state index contributed by atoms with van der Waals surface area (Å²) in [4.78, 5) is 38.6. The van der Waals surface area contributed by atoms with Crippen LogP contribution in [0.15, 0.2) is 42.5 Å². The summed E-state index contributed by atoms with van der Waals surface area (Å²) in [6, 6.07) is 13.0. The van der Waals surface area contributed by atoms with E-state index < -0.39 is 11.9 Å². The van der Waals surface area contributed by atoms with Gasteiger partial charge in [0.15, 0.2) is 12.4 Å². The number of carbonyl (C=O) groups excluding carboxylic acids is 3. The molecule has 0 aromatic heterocycles. The molecule has 1 amide bonds. The SMILES string of the molecule is Cc1ccc(C(=O)COC(=O)[C@H]2CC(=O)N(c3ccccc3C)C2)cc1C. The molecule has 1 fully saturated rings. The number of hydrogen-bond donors (Lipinski definition) is 0. The number of benzene rings is 2. The van der Waals surface area contributed by atoms with Crippen LogP contribution in [-0.4, -0.2) is 30.8 Å². The van der Waals surface area contributed by atoms with Gasteiger partial charge < -0.3 is 9.64 Å². The summed E-state index contributed by atoms with van der Waals surface area (Å²) in [5.74, 6) is -1.40. The average molecular weight is 365 g/mol. The molecule has 1 atom stereocenters. The minimum absolute atomic E-state index is 0.102. The molecule has 1 saturated heterocycles. The Hall–Kier alpha value is -2.95. The number of carbonyl (C=O) groups is 3. The normalized spacial score (nSPS) is 16.5. The van der Waals surface area contributed by atoms with Crippen molar-refractivity contribution in [2.75, 3.05) is 18.1 Å². The van der Waals surface area contributed by atoms with Gasteiger partial charge in [-0.05, 0) is 49.6 Å². The maximum Gasteiger partial charge on any atom is 0.311 e. The van der Waals surface area contributed by atoms with Gasteiger partial charge in [0, 0.05) is 24.2 Å². The van der Waals surface area contributed by atoms with Gasteiger partial charge in [-0.15, -0.1) is 0 Å². The number of Topliss-reactive ketones (excluding diaryl/α,β-unsaturated/α-hetero) is 1. The molecule has 3 rings (SSSR count). The number of nitrogens with zero attached hydrogens (tertiary/aromatic N) is 1. The Morgan fingerprint density at radius 1 is 1.04 bits per heavy atom. The van der Waals surface area contributed by atoms with E-state index in [0.717, 1.165) is 22.4 Å². The van der Waals surface area contributed by atoms with Crippen LogP contribution in [0.4, 0.5) is 5.69 Å². The number of ketones is 1. The Morgan fingerprint density at radius 3 is 2.48 bits per heavy atom. The van der Waals surface area contributed by atoms with Gasteiger partial charge in [-0.2, -0.15) is 0 Å². The summed E-state index contributed by atoms with van der Waals surface area (Å²) in [6.45, 7) is 5.80. The summed E-state index contributed by atoms with van der Waals surface area (Å²) < 4.78 is 5.21. The summed E-state index contributed by atoms with van der Waals surface area (Å²) in [5.41, 5.74) is 4.43. The summed E-state index contributed by atoms with van der Waals surface area (Å²) >= 11 is 0. The van der Waals surface area contributed by atoms with Gasteiger partial charge in [-0.3, -0.25) is 14.4 Å². The van der Waals surface area contributed by atoms with E-state index >= 15 is 0 Å². The first kappa shape index (κ1) is 18.8. The molecule has 0 spiro atoms. The molecule has 140 valence electrons. The van der Waals surface area contributed by atoms with Crippen LogP contribution < -0.4 is 4.90 Å². The van der Waals surface area contributed by atoms with E-state index in [-0.39, 0.29) is 31.3 Å². The summed E-state index contributed by atoms with van der Waals surface area (Å²) in [5, 5.41) is 0. The third-order valence-corrected chi connectivity index (χ3v) is 5.04. The molecule has 2 aromatic rings. The fourth-order valence-corrected chi connectivity index (χ4v) is 3.22. The Labute approximate surface area is 158 Å². The van der Waals surface area contributed by atoms with Crippen LogP contribution in [0, 0.1) is 26.7 Å². The Morgan fingerprint density at radius 2 is 1.78 bits per heavy atom. The molecule has 0 radical (unpaired) electrons. The van der Waals surface area contributed by atoms with E-state index in [1.165, 1.54) is 0 Å². The highest BCUT2D eigenvalue weighted by atomic mass is 16.5. The van der Waals surface area contributed by atoms with E-state index in [0.29, 0.717) is 5.56 Å². The lowest BCUT2D eigenvalue weighted by Gasteiger charge is -2.18. The van der Waals surface area contributed by atoms with Crippen molar-refractivity contribution < 1.29 is 19.1 Å². The van der Waals surface area contributed by atoms with Crippen molar-refractivity contribution in [3.05, 3.63) is 64.7 Å². The highest BCUT2D eigenvalue weighted by molar-refractivity contribution is 6.01. The summed E-state index contributed by atoms with van der Waals surface area (Å²) in [6.07, 6.45) is 0.102. The average Bonchev–Trinajstić information content (AvgIpc) is 3.03. The molecule has 5 nitrogen and oxygen atoms in total. The molecule has 1 aliphatic rings. The molecule has 1 heterocycles. The quantitative estimate of drug-likeness (QED) is 0.602. The number of hydrogen-bond acceptors (Lipinski definition) is 4. The second-order valence-corrected chi connectivity index (χ2v) is 7.02.